The van der Waals surface area contributed by atoms with Gasteiger partial charge in [0.1, 0.15) is 12.3 Å². The highest BCUT2D eigenvalue weighted by Crippen LogP contribution is 2.16. The first kappa shape index (κ1) is 10.5. The number of quaternary nitrogens is 1. The molecule has 1 saturated heterocycles. The monoisotopic (exact) mass is 206 g/mol. The average molecular weight is 206 g/mol. The minimum atomic E-state index is 0.756. The van der Waals surface area contributed by atoms with Crippen molar-refractivity contribution in [2.45, 2.75) is 26.3 Å². The molecule has 0 spiro atoms. The molecule has 0 saturated carbocycles. The summed E-state index contributed by atoms with van der Waals surface area (Å²) in [7, 11) is 0. The van der Waals surface area contributed by atoms with Crippen molar-refractivity contribution in [1.29, 1.82) is 0 Å². The number of rotatable bonds is 4. The molecule has 0 bridgehead atoms. The SMILES string of the molecule is CCOc1ccccc1C[NH+]1CCCC1. The molecular weight excluding hydrogens is 186 g/mol. The molecule has 1 aromatic rings. The molecule has 1 aromatic carbocycles. The van der Waals surface area contributed by atoms with Crippen LogP contribution >= 0.6 is 0 Å². The topological polar surface area (TPSA) is 13.7 Å². The summed E-state index contributed by atoms with van der Waals surface area (Å²) in [6.07, 6.45) is 2.76. The van der Waals surface area contributed by atoms with E-state index in [1.54, 1.807) is 4.90 Å². The molecule has 0 unspecified atom stereocenters. The lowest BCUT2D eigenvalue weighted by Crippen LogP contribution is -3.08. The van der Waals surface area contributed by atoms with Crippen molar-refractivity contribution >= 4 is 0 Å². The fourth-order valence-corrected chi connectivity index (χ4v) is 2.27. The first-order valence-corrected chi connectivity index (χ1v) is 5.94. The van der Waals surface area contributed by atoms with Gasteiger partial charge in [-0.2, -0.15) is 0 Å². The van der Waals surface area contributed by atoms with Gasteiger partial charge in [0.05, 0.1) is 19.7 Å². The Labute approximate surface area is 91.9 Å². The lowest BCUT2D eigenvalue weighted by molar-refractivity contribution is -0.901. The first-order chi connectivity index (χ1) is 7.40. The molecule has 0 aromatic heterocycles. The van der Waals surface area contributed by atoms with Gasteiger partial charge in [-0.25, -0.2) is 0 Å². The molecule has 2 rings (SSSR count). The second-order valence-corrected chi connectivity index (χ2v) is 4.17. The van der Waals surface area contributed by atoms with E-state index in [4.69, 9.17) is 4.74 Å². The third-order valence-electron chi connectivity index (χ3n) is 3.02. The molecule has 0 radical (unpaired) electrons. The summed E-state index contributed by atoms with van der Waals surface area (Å²) in [6.45, 7) is 6.56. The maximum atomic E-state index is 5.63. The second-order valence-electron chi connectivity index (χ2n) is 4.17. The quantitative estimate of drug-likeness (QED) is 0.783. The molecule has 0 atom stereocenters. The van der Waals surface area contributed by atoms with Gasteiger partial charge in [0, 0.05) is 18.4 Å². The number of benzene rings is 1. The number of nitrogens with one attached hydrogen (secondary N) is 1. The van der Waals surface area contributed by atoms with E-state index in [1.807, 2.05) is 13.0 Å². The highest BCUT2D eigenvalue weighted by Gasteiger charge is 2.17. The summed E-state index contributed by atoms with van der Waals surface area (Å²) in [5, 5.41) is 0. The Bertz CT molecular complexity index is 305. The molecule has 1 N–H and O–H groups in total. The van der Waals surface area contributed by atoms with Crippen molar-refractivity contribution in [3.05, 3.63) is 29.8 Å². The molecule has 0 amide bonds. The lowest BCUT2D eigenvalue weighted by Gasteiger charge is -2.14. The fraction of sp³-hybridized carbons (Fsp3) is 0.538. The third-order valence-corrected chi connectivity index (χ3v) is 3.02. The summed E-state index contributed by atoms with van der Waals surface area (Å²) in [6, 6.07) is 8.42. The van der Waals surface area contributed by atoms with Crippen LogP contribution in [0, 0.1) is 0 Å². The fourth-order valence-electron chi connectivity index (χ4n) is 2.27. The normalized spacial score (nSPS) is 16.9. The van der Waals surface area contributed by atoms with Gasteiger partial charge < -0.3 is 9.64 Å². The Hall–Kier alpha value is -1.02. The van der Waals surface area contributed by atoms with E-state index in [9.17, 15) is 0 Å². The molecule has 0 aliphatic carbocycles. The Morgan fingerprint density at radius 2 is 1.93 bits per heavy atom. The Morgan fingerprint density at radius 1 is 1.20 bits per heavy atom. The molecule has 2 nitrogen and oxygen atoms in total. The van der Waals surface area contributed by atoms with Crippen LogP contribution in [0.4, 0.5) is 0 Å². The zero-order valence-corrected chi connectivity index (χ0v) is 9.46. The predicted octanol–water partition coefficient (Wildman–Crippen LogP) is 1.26. The van der Waals surface area contributed by atoms with Gasteiger partial charge in [0.25, 0.3) is 0 Å². The zero-order valence-electron chi connectivity index (χ0n) is 9.46. The molecule has 1 aliphatic heterocycles. The van der Waals surface area contributed by atoms with Crippen LogP contribution in [0.3, 0.4) is 0 Å². The second kappa shape index (κ2) is 5.17. The van der Waals surface area contributed by atoms with Gasteiger partial charge in [-0.1, -0.05) is 12.1 Å². The van der Waals surface area contributed by atoms with Crippen LogP contribution in [0.25, 0.3) is 0 Å². The standard InChI is InChI=1S/C13H19NO/c1-2-15-13-8-4-3-7-12(13)11-14-9-5-6-10-14/h3-4,7-8H,2,5-6,9-11H2,1H3/p+1. The number of hydrogen-bond acceptors (Lipinski definition) is 1. The van der Waals surface area contributed by atoms with Crippen LogP contribution in [-0.4, -0.2) is 19.7 Å². The third kappa shape index (κ3) is 2.72. The molecule has 15 heavy (non-hydrogen) atoms. The smallest absolute Gasteiger partial charge is 0.128 e. The van der Waals surface area contributed by atoms with Crippen molar-refractivity contribution < 1.29 is 9.64 Å². The van der Waals surface area contributed by atoms with Crippen molar-refractivity contribution in [2.75, 3.05) is 19.7 Å². The Balaban J connectivity index is 2.05. The average Bonchev–Trinajstić information content (AvgIpc) is 2.74. The van der Waals surface area contributed by atoms with E-state index in [2.05, 4.69) is 18.2 Å². The van der Waals surface area contributed by atoms with E-state index < -0.39 is 0 Å². The van der Waals surface area contributed by atoms with E-state index in [-0.39, 0.29) is 0 Å². The number of ether oxygens (including phenoxy) is 1. The molecular formula is C13H20NO+. The molecule has 1 heterocycles. The number of para-hydroxylation sites is 1. The van der Waals surface area contributed by atoms with Crippen molar-refractivity contribution in [3.8, 4) is 5.75 Å². The van der Waals surface area contributed by atoms with Crippen LogP contribution in [0.15, 0.2) is 24.3 Å². The maximum Gasteiger partial charge on any atom is 0.128 e. The Morgan fingerprint density at radius 3 is 2.67 bits per heavy atom. The van der Waals surface area contributed by atoms with E-state index in [1.165, 1.54) is 31.5 Å². The van der Waals surface area contributed by atoms with E-state index in [0.717, 1.165) is 18.9 Å². The highest BCUT2D eigenvalue weighted by molar-refractivity contribution is 5.32. The van der Waals surface area contributed by atoms with Crippen molar-refractivity contribution in [2.24, 2.45) is 0 Å². The highest BCUT2D eigenvalue weighted by atomic mass is 16.5. The molecule has 1 aliphatic rings. The van der Waals surface area contributed by atoms with Gasteiger partial charge in [-0.15, -0.1) is 0 Å². The van der Waals surface area contributed by atoms with Gasteiger partial charge in [-0.3, -0.25) is 0 Å². The van der Waals surface area contributed by atoms with E-state index >= 15 is 0 Å². The number of likely N-dealkylation sites (tertiary alicyclic amines) is 1. The van der Waals surface area contributed by atoms with Gasteiger partial charge in [0.15, 0.2) is 0 Å². The summed E-state index contributed by atoms with van der Waals surface area (Å²) in [4.78, 5) is 1.70. The van der Waals surface area contributed by atoms with Crippen LogP contribution in [0.5, 0.6) is 5.75 Å². The minimum absolute atomic E-state index is 0.756. The molecule has 2 heteroatoms. The van der Waals surface area contributed by atoms with Crippen molar-refractivity contribution in [1.82, 2.24) is 0 Å². The van der Waals surface area contributed by atoms with Crippen LogP contribution in [0.1, 0.15) is 25.3 Å². The van der Waals surface area contributed by atoms with E-state index in [0.29, 0.717) is 0 Å². The molecule has 1 fully saturated rings. The summed E-state index contributed by atoms with van der Waals surface area (Å²) < 4.78 is 5.63. The summed E-state index contributed by atoms with van der Waals surface area (Å²) in [5.41, 5.74) is 1.36. The van der Waals surface area contributed by atoms with Crippen LogP contribution < -0.4 is 9.64 Å². The van der Waals surface area contributed by atoms with Crippen LogP contribution in [-0.2, 0) is 6.54 Å². The van der Waals surface area contributed by atoms with Gasteiger partial charge in [-0.05, 0) is 19.1 Å². The first-order valence-electron chi connectivity index (χ1n) is 5.94. The van der Waals surface area contributed by atoms with Crippen molar-refractivity contribution in [3.63, 3.8) is 0 Å². The summed E-state index contributed by atoms with van der Waals surface area (Å²) >= 11 is 0. The van der Waals surface area contributed by atoms with Gasteiger partial charge in [0.2, 0.25) is 0 Å². The largest absolute Gasteiger partial charge is 0.493 e. The predicted molar refractivity (Wildman–Crippen MR) is 61.2 cm³/mol. The summed E-state index contributed by atoms with van der Waals surface area (Å²) in [5.74, 6) is 1.07. The minimum Gasteiger partial charge on any atom is -0.493 e. The maximum absolute atomic E-state index is 5.63. The van der Waals surface area contributed by atoms with Gasteiger partial charge >= 0.3 is 0 Å². The van der Waals surface area contributed by atoms with Crippen LogP contribution in [0.2, 0.25) is 0 Å². The number of hydrogen-bond donors (Lipinski definition) is 1. The zero-order chi connectivity index (χ0) is 10.5. The molecule has 82 valence electrons. The Kier molecular flexibility index (Phi) is 3.62. The lowest BCUT2D eigenvalue weighted by atomic mass is 10.2.